The van der Waals surface area contributed by atoms with Gasteiger partial charge in [-0.15, -0.1) is 0 Å². The molecule has 2 N–H and O–H groups in total. The van der Waals surface area contributed by atoms with Gasteiger partial charge in [-0.25, -0.2) is 0 Å². The SMILES string of the molecule is C[C@@H]1C[C@@](O)(c2ccccc2)[C@H](C)CN1. The van der Waals surface area contributed by atoms with Crippen LogP contribution in [0.4, 0.5) is 0 Å². The molecular weight excluding hydrogens is 186 g/mol. The molecule has 1 heterocycles. The van der Waals surface area contributed by atoms with Gasteiger partial charge in [0.1, 0.15) is 0 Å². The van der Waals surface area contributed by atoms with E-state index in [1.54, 1.807) is 0 Å². The second-order valence-corrected chi connectivity index (χ2v) is 4.70. The predicted molar refractivity (Wildman–Crippen MR) is 61.6 cm³/mol. The zero-order valence-electron chi connectivity index (χ0n) is 9.40. The first-order valence-electron chi connectivity index (χ1n) is 5.64. The third-order valence-electron chi connectivity index (χ3n) is 3.48. The minimum atomic E-state index is -0.661. The maximum atomic E-state index is 10.7. The van der Waals surface area contributed by atoms with E-state index in [1.807, 2.05) is 30.3 Å². The minimum absolute atomic E-state index is 0.260. The standard InChI is InChI=1S/C13H19NO/c1-10-9-14-11(2)8-13(10,15)12-6-4-3-5-7-12/h3-7,10-11,14-15H,8-9H2,1-2H3/t10-,11-,13+/m1/s1. The molecule has 2 rings (SSSR count). The summed E-state index contributed by atoms with van der Waals surface area (Å²) >= 11 is 0. The highest BCUT2D eigenvalue weighted by atomic mass is 16.3. The van der Waals surface area contributed by atoms with Crippen molar-refractivity contribution in [2.24, 2.45) is 5.92 Å². The molecule has 0 radical (unpaired) electrons. The third-order valence-corrected chi connectivity index (χ3v) is 3.48. The van der Waals surface area contributed by atoms with Crippen molar-refractivity contribution >= 4 is 0 Å². The minimum Gasteiger partial charge on any atom is -0.385 e. The Hall–Kier alpha value is -0.860. The molecule has 1 fully saturated rings. The van der Waals surface area contributed by atoms with E-state index in [0.717, 1.165) is 18.5 Å². The normalized spacial score (nSPS) is 36.5. The molecule has 0 bridgehead atoms. The van der Waals surface area contributed by atoms with E-state index in [4.69, 9.17) is 0 Å². The van der Waals surface area contributed by atoms with Gasteiger partial charge in [-0.05, 0) is 18.9 Å². The van der Waals surface area contributed by atoms with Crippen LogP contribution in [0.2, 0.25) is 0 Å². The lowest BCUT2D eigenvalue weighted by molar-refractivity contribution is -0.0507. The van der Waals surface area contributed by atoms with Gasteiger partial charge < -0.3 is 10.4 Å². The largest absolute Gasteiger partial charge is 0.385 e. The molecule has 3 atom stereocenters. The van der Waals surface area contributed by atoms with Crippen molar-refractivity contribution in [3.05, 3.63) is 35.9 Å². The fraction of sp³-hybridized carbons (Fsp3) is 0.538. The Morgan fingerprint density at radius 3 is 2.60 bits per heavy atom. The van der Waals surface area contributed by atoms with E-state index < -0.39 is 5.60 Å². The van der Waals surface area contributed by atoms with Crippen molar-refractivity contribution < 1.29 is 5.11 Å². The summed E-state index contributed by atoms with van der Waals surface area (Å²) in [6.45, 7) is 5.11. The van der Waals surface area contributed by atoms with Gasteiger partial charge in [0, 0.05) is 18.5 Å². The first-order valence-corrected chi connectivity index (χ1v) is 5.64. The highest BCUT2D eigenvalue weighted by molar-refractivity contribution is 5.24. The van der Waals surface area contributed by atoms with E-state index in [0.29, 0.717) is 6.04 Å². The Balaban J connectivity index is 2.31. The molecule has 0 aliphatic carbocycles. The molecule has 1 aromatic rings. The Morgan fingerprint density at radius 1 is 1.27 bits per heavy atom. The van der Waals surface area contributed by atoms with Gasteiger partial charge >= 0.3 is 0 Å². The smallest absolute Gasteiger partial charge is 0.0948 e. The number of piperidine rings is 1. The van der Waals surface area contributed by atoms with Crippen LogP contribution in [-0.4, -0.2) is 17.7 Å². The van der Waals surface area contributed by atoms with Gasteiger partial charge in [-0.2, -0.15) is 0 Å². The summed E-state index contributed by atoms with van der Waals surface area (Å²) < 4.78 is 0. The molecule has 82 valence electrons. The van der Waals surface area contributed by atoms with Crippen molar-refractivity contribution in [1.29, 1.82) is 0 Å². The number of rotatable bonds is 1. The molecule has 0 saturated carbocycles. The first-order chi connectivity index (χ1) is 7.13. The van der Waals surface area contributed by atoms with Crippen LogP contribution in [0.3, 0.4) is 0 Å². The van der Waals surface area contributed by atoms with Crippen molar-refractivity contribution in [2.45, 2.75) is 31.9 Å². The van der Waals surface area contributed by atoms with E-state index >= 15 is 0 Å². The Bertz CT molecular complexity index is 325. The monoisotopic (exact) mass is 205 g/mol. The summed E-state index contributed by atoms with van der Waals surface area (Å²) in [5.74, 6) is 0.260. The molecule has 1 aliphatic heterocycles. The molecular formula is C13H19NO. The van der Waals surface area contributed by atoms with Crippen molar-refractivity contribution in [3.63, 3.8) is 0 Å². The van der Waals surface area contributed by atoms with Crippen LogP contribution in [0, 0.1) is 5.92 Å². The third kappa shape index (κ3) is 1.92. The molecule has 1 saturated heterocycles. The van der Waals surface area contributed by atoms with Gasteiger partial charge in [0.2, 0.25) is 0 Å². The average molecular weight is 205 g/mol. The molecule has 0 spiro atoms. The molecule has 0 unspecified atom stereocenters. The average Bonchev–Trinajstić information content (AvgIpc) is 2.25. The molecule has 0 aromatic heterocycles. The summed E-state index contributed by atoms with van der Waals surface area (Å²) in [4.78, 5) is 0. The zero-order chi connectivity index (χ0) is 10.9. The highest BCUT2D eigenvalue weighted by Gasteiger charge is 2.39. The second-order valence-electron chi connectivity index (χ2n) is 4.70. The van der Waals surface area contributed by atoms with E-state index in [2.05, 4.69) is 19.2 Å². The lowest BCUT2D eigenvalue weighted by Gasteiger charge is -2.42. The molecule has 2 nitrogen and oxygen atoms in total. The summed E-state index contributed by atoms with van der Waals surface area (Å²) in [5, 5.41) is 14.1. The lowest BCUT2D eigenvalue weighted by atomic mass is 9.75. The van der Waals surface area contributed by atoms with Crippen LogP contribution >= 0.6 is 0 Å². The number of hydrogen-bond donors (Lipinski definition) is 2. The van der Waals surface area contributed by atoms with E-state index in [1.165, 1.54) is 0 Å². The topological polar surface area (TPSA) is 32.3 Å². The van der Waals surface area contributed by atoms with Crippen LogP contribution in [-0.2, 0) is 5.60 Å². The fourth-order valence-electron chi connectivity index (χ4n) is 2.42. The summed E-state index contributed by atoms with van der Waals surface area (Å²) in [5.41, 5.74) is 0.386. The number of aliphatic hydroxyl groups is 1. The maximum absolute atomic E-state index is 10.7. The van der Waals surface area contributed by atoms with Gasteiger partial charge in [-0.3, -0.25) is 0 Å². The Morgan fingerprint density at radius 2 is 1.93 bits per heavy atom. The van der Waals surface area contributed by atoms with Crippen molar-refractivity contribution in [1.82, 2.24) is 5.32 Å². The highest BCUT2D eigenvalue weighted by Crippen LogP contribution is 2.36. The molecule has 0 amide bonds. The van der Waals surface area contributed by atoms with E-state index in [-0.39, 0.29) is 5.92 Å². The number of nitrogens with one attached hydrogen (secondary N) is 1. The van der Waals surface area contributed by atoms with Gasteiger partial charge in [0.15, 0.2) is 0 Å². The first kappa shape index (κ1) is 10.7. The van der Waals surface area contributed by atoms with Gasteiger partial charge in [0.25, 0.3) is 0 Å². The quantitative estimate of drug-likeness (QED) is 0.734. The molecule has 2 heteroatoms. The predicted octanol–water partition coefficient (Wildman–Crippen LogP) is 1.89. The summed E-state index contributed by atoms with van der Waals surface area (Å²) in [6.07, 6.45) is 0.790. The van der Waals surface area contributed by atoms with Crippen molar-refractivity contribution in [3.8, 4) is 0 Å². The van der Waals surface area contributed by atoms with Crippen LogP contribution in [0.15, 0.2) is 30.3 Å². The second kappa shape index (κ2) is 3.95. The molecule has 1 aliphatic rings. The van der Waals surface area contributed by atoms with Crippen LogP contribution in [0.1, 0.15) is 25.8 Å². The molecule has 15 heavy (non-hydrogen) atoms. The number of hydrogen-bond acceptors (Lipinski definition) is 2. The summed E-state index contributed by atoms with van der Waals surface area (Å²) in [6, 6.07) is 10.4. The van der Waals surface area contributed by atoms with Crippen molar-refractivity contribution in [2.75, 3.05) is 6.54 Å². The van der Waals surface area contributed by atoms with Gasteiger partial charge in [-0.1, -0.05) is 37.3 Å². The lowest BCUT2D eigenvalue weighted by Crippen LogP contribution is -2.50. The molecule has 1 aromatic carbocycles. The number of benzene rings is 1. The van der Waals surface area contributed by atoms with Gasteiger partial charge in [0.05, 0.1) is 5.60 Å². The van der Waals surface area contributed by atoms with Crippen LogP contribution in [0.5, 0.6) is 0 Å². The Kier molecular flexibility index (Phi) is 2.81. The Labute approximate surface area is 91.3 Å². The maximum Gasteiger partial charge on any atom is 0.0948 e. The van der Waals surface area contributed by atoms with Crippen LogP contribution in [0.25, 0.3) is 0 Å². The summed E-state index contributed by atoms with van der Waals surface area (Å²) in [7, 11) is 0. The zero-order valence-corrected chi connectivity index (χ0v) is 9.40. The van der Waals surface area contributed by atoms with Crippen LogP contribution < -0.4 is 5.32 Å². The fourth-order valence-corrected chi connectivity index (χ4v) is 2.42. The van der Waals surface area contributed by atoms with E-state index in [9.17, 15) is 5.11 Å².